The third kappa shape index (κ3) is 12.6. The zero-order valence-corrected chi connectivity index (χ0v) is 29.7. The molecule has 0 fully saturated rings. The lowest BCUT2D eigenvalue weighted by Crippen LogP contribution is -2.37. The van der Waals surface area contributed by atoms with Gasteiger partial charge in [-0.15, -0.1) is 0 Å². The molecule has 0 atom stereocenters. The number of rotatable bonds is 12. The van der Waals surface area contributed by atoms with Crippen LogP contribution in [0.25, 0.3) is 0 Å². The van der Waals surface area contributed by atoms with Gasteiger partial charge < -0.3 is 10.6 Å². The van der Waals surface area contributed by atoms with Gasteiger partial charge in [-0.25, -0.2) is 0 Å². The first-order chi connectivity index (χ1) is 19.9. The van der Waals surface area contributed by atoms with E-state index in [0.717, 1.165) is 49.1 Å². The molecule has 0 amide bonds. The van der Waals surface area contributed by atoms with Gasteiger partial charge in [0.15, 0.2) is 0 Å². The van der Waals surface area contributed by atoms with E-state index >= 15 is 0 Å². The molecule has 4 rings (SSSR count). The zero-order chi connectivity index (χ0) is 30.6. The van der Waals surface area contributed by atoms with Crippen molar-refractivity contribution in [3.8, 4) is 0 Å². The van der Waals surface area contributed by atoms with Gasteiger partial charge in [0, 0.05) is 23.1 Å². The van der Waals surface area contributed by atoms with Crippen molar-refractivity contribution in [1.82, 2.24) is 10.6 Å². The molecule has 224 valence electrons. The Kier molecular flexibility index (Phi) is 13.6. The molecule has 0 bridgehead atoms. The highest BCUT2D eigenvalue weighted by Crippen LogP contribution is 2.11. The summed E-state index contributed by atoms with van der Waals surface area (Å²) in [5, 5.41) is 11.6. The Morgan fingerprint density at radius 3 is 1.00 bits per heavy atom. The van der Waals surface area contributed by atoms with Crippen molar-refractivity contribution in [2.24, 2.45) is 0 Å². The topological polar surface area (TPSA) is 24.1 Å². The fourth-order valence-corrected chi connectivity index (χ4v) is 7.06. The van der Waals surface area contributed by atoms with Gasteiger partial charge in [-0.1, -0.05) is 146 Å². The molecule has 6 heteroatoms. The van der Waals surface area contributed by atoms with Crippen molar-refractivity contribution in [1.29, 1.82) is 0 Å². The van der Waals surface area contributed by atoms with Gasteiger partial charge in [-0.05, 0) is 72.5 Å². The molecule has 0 spiro atoms. The summed E-state index contributed by atoms with van der Waals surface area (Å²) in [6.07, 6.45) is 2.06. The first-order valence-corrected chi connectivity index (χ1v) is 22.7. The highest BCUT2D eigenvalue weighted by atomic mass is 35.5. The average Bonchev–Trinajstić information content (AvgIpc) is 2.95. The summed E-state index contributed by atoms with van der Waals surface area (Å²) in [5.74, 6) is 0. The smallest absolute Gasteiger partial charge is 0.0775 e. The molecule has 0 aromatic heterocycles. The number of benzene rings is 4. The Balaban J connectivity index is 0.000000230. The normalized spacial score (nSPS) is 11.6. The number of halogens is 2. The molecule has 0 unspecified atom stereocenters. The number of hydrogen-bond acceptors (Lipinski definition) is 2. The molecular weight excluding hydrogens is 587 g/mol. The molecule has 0 radical (unpaired) electrons. The third-order valence-corrected chi connectivity index (χ3v) is 11.9. The number of hydrogen-bond donors (Lipinski definition) is 2. The van der Waals surface area contributed by atoms with Crippen molar-refractivity contribution >= 4 is 49.7 Å². The highest BCUT2D eigenvalue weighted by Gasteiger charge is 2.16. The van der Waals surface area contributed by atoms with Crippen LogP contribution < -0.4 is 21.0 Å². The van der Waals surface area contributed by atoms with Crippen LogP contribution in [0.2, 0.25) is 49.3 Å². The van der Waals surface area contributed by atoms with Crippen LogP contribution in [-0.4, -0.2) is 29.2 Å². The lowest BCUT2D eigenvalue weighted by Gasteiger charge is -2.16. The van der Waals surface area contributed by atoms with E-state index in [0.29, 0.717) is 0 Å². The monoisotopic (exact) mass is 634 g/mol. The SMILES string of the molecule is C[Si](C)(C)c1ccc(CNCCc2ccc(Cl)cc2)cc1.C[Si](C)(C)c1ccc(CNCCc2ccc(Cl)cc2)cc1. The van der Waals surface area contributed by atoms with Crippen LogP contribution in [0.15, 0.2) is 97.1 Å². The fraction of sp³-hybridized carbons (Fsp3) is 0.333. The lowest BCUT2D eigenvalue weighted by atomic mass is 10.1. The Morgan fingerprint density at radius 2 is 0.714 bits per heavy atom. The Labute approximate surface area is 266 Å². The maximum absolute atomic E-state index is 5.88. The van der Waals surface area contributed by atoms with Gasteiger partial charge >= 0.3 is 0 Å². The van der Waals surface area contributed by atoms with Crippen LogP contribution in [0.4, 0.5) is 0 Å². The molecule has 0 aliphatic rings. The van der Waals surface area contributed by atoms with Gasteiger partial charge in [-0.2, -0.15) is 0 Å². The Bertz CT molecular complexity index is 1220. The van der Waals surface area contributed by atoms with E-state index in [-0.39, 0.29) is 0 Å². The van der Waals surface area contributed by atoms with Crippen LogP contribution in [-0.2, 0) is 25.9 Å². The fourth-order valence-electron chi connectivity index (χ4n) is 4.48. The summed E-state index contributed by atoms with van der Waals surface area (Å²) in [4.78, 5) is 0. The standard InChI is InChI=1S/2C18H24ClNSi/c2*1-21(2,3)18-10-6-16(7-11-18)14-20-13-12-15-4-8-17(19)9-5-15/h2*4-11,20H,12-14H2,1-3H3. The maximum Gasteiger partial charge on any atom is 0.0775 e. The summed E-state index contributed by atoms with van der Waals surface area (Å²) >= 11 is 11.8. The van der Waals surface area contributed by atoms with Crippen LogP contribution in [0.3, 0.4) is 0 Å². The largest absolute Gasteiger partial charge is 0.312 e. The Hall–Kier alpha value is -2.19. The molecule has 0 saturated carbocycles. The van der Waals surface area contributed by atoms with Crippen molar-refractivity contribution in [3.05, 3.63) is 129 Å². The van der Waals surface area contributed by atoms with E-state index in [2.05, 4.69) is 123 Å². The molecule has 2 N–H and O–H groups in total. The highest BCUT2D eigenvalue weighted by molar-refractivity contribution is 6.89. The zero-order valence-electron chi connectivity index (χ0n) is 26.2. The quantitative estimate of drug-likeness (QED) is 0.121. The van der Waals surface area contributed by atoms with E-state index in [9.17, 15) is 0 Å². The third-order valence-electron chi connectivity index (χ3n) is 7.31. The van der Waals surface area contributed by atoms with Gasteiger partial charge in [-0.3, -0.25) is 0 Å². The average molecular weight is 636 g/mol. The second-order valence-electron chi connectivity index (χ2n) is 13.0. The summed E-state index contributed by atoms with van der Waals surface area (Å²) < 4.78 is 0. The summed E-state index contributed by atoms with van der Waals surface area (Å²) in [6.45, 7) is 18.1. The molecule has 4 aromatic carbocycles. The van der Waals surface area contributed by atoms with E-state index in [1.54, 1.807) is 0 Å². The minimum Gasteiger partial charge on any atom is -0.312 e. The first kappa shape index (κ1) is 34.3. The maximum atomic E-state index is 5.88. The van der Waals surface area contributed by atoms with Crippen LogP contribution in [0.5, 0.6) is 0 Å². The molecule has 0 aliphatic heterocycles. The molecule has 4 aromatic rings. The number of nitrogens with one attached hydrogen (secondary N) is 2. The van der Waals surface area contributed by atoms with Gasteiger partial charge in [0.25, 0.3) is 0 Å². The van der Waals surface area contributed by atoms with Crippen molar-refractivity contribution in [3.63, 3.8) is 0 Å². The molecule has 0 saturated heterocycles. The second-order valence-corrected chi connectivity index (χ2v) is 24.0. The van der Waals surface area contributed by atoms with Crippen molar-refractivity contribution in [2.75, 3.05) is 13.1 Å². The minimum absolute atomic E-state index is 0.800. The van der Waals surface area contributed by atoms with Crippen LogP contribution in [0.1, 0.15) is 22.3 Å². The predicted molar refractivity (Wildman–Crippen MR) is 193 cm³/mol. The lowest BCUT2D eigenvalue weighted by molar-refractivity contribution is 0.687. The Morgan fingerprint density at radius 1 is 0.429 bits per heavy atom. The van der Waals surface area contributed by atoms with Crippen molar-refractivity contribution in [2.45, 2.75) is 65.2 Å². The van der Waals surface area contributed by atoms with E-state index in [1.165, 1.54) is 32.6 Å². The second kappa shape index (κ2) is 16.6. The van der Waals surface area contributed by atoms with E-state index in [1.807, 2.05) is 24.3 Å². The summed E-state index contributed by atoms with van der Waals surface area (Å²) in [5.41, 5.74) is 5.35. The molecule has 0 heterocycles. The first-order valence-electron chi connectivity index (χ1n) is 15.0. The predicted octanol–water partition coefficient (Wildman–Crippen LogP) is 8.44. The minimum atomic E-state index is -1.17. The molecule has 2 nitrogen and oxygen atoms in total. The van der Waals surface area contributed by atoms with Crippen molar-refractivity contribution < 1.29 is 0 Å². The van der Waals surface area contributed by atoms with Crippen LogP contribution >= 0.6 is 23.2 Å². The molecular formula is C36H48Cl2N2Si2. The van der Waals surface area contributed by atoms with Crippen LogP contribution in [0, 0.1) is 0 Å². The van der Waals surface area contributed by atoms with Gasteiger partial charge in [0.05, 0.1) is 16.1 Å². The summed E-state index contributed by atoms with van der Waals surface area (Å²) in [6, 6.07) is 34.3. The van der Waals surface area contributed by atoms with Gasteiger partial charge in [0.2, 0.25) is 0 Å². The summed E-state index contributed by atoms with van der Waals surface area (Å²) in [7, 11) is -2.35. The van der Waals surface area contributed by atoms with E-state index < -0.39 is 16.1 Å². The molecule has 42 heavy (non-hydrogen) atoms. The molecule has 0 aliphatic carbocycles. The van der Waals surface area contributed by atoms with E-state index in [4.69, 9.17) is 23.2 Å². The van der Waals surface area contributed by atoms with Gasteiger partial charge in [0.1, 0.15) is 0 Å².